The molecule has 4 rings (SSSR count). The van der Waals surface area contributed by atoms with Crippen molar-refractivity contribution in [3.8, 4) is 11.1 Å². The summed E-state index contributed by atoms with van der Waals surface area (Å²) in [7, 11) is 0. The van der Waals surface area contributed by atoms with Crippen LogP contribution in [0.2, 0.25) is 0 Å². The van der Waals surface area contributed by atoms with Crippen molar-refractivity contribution in [3.63, 3.8) is 0 Å². The second-order valence-electron chi connectivity index (χ2n) is 9.47. The highest BCUT2D eigenvalue weighted by Crippen LogP contribution is 2.29. The Balaban J connectivity index is 0.00000121. The molecule has 0 radical (unpaired) electrons. The molecule has 1 aliphatic heterocycles. The van der Waals surface area contributed by atoms with Gasteiger partial charge in [-0.3, -0.25) is 9.59 Å². The fourth-order valence-corrected chi connectivity index (χ4v) is 4.48. The third kappa shape index (κ3) is 8.09. The molecule has 5 heteroatoms. The molecule has 1 heterocycles. The van der Waals surface area contributed by atoms with E-state index < -0.39 is 5.67 Å². The van der Waals surface area contributed by atoms with Gasteiger partial charge in [0.2, 0.25) is 0 Å². The van der Waals surface area contributed by atoms with Crippen LogP contribution in [0.5, 0.6) is 0 Å². The van der Waals surface area contributed by atoms with Crippen LogP contribution in [0.1, 0.15) is 99.2 Å². The summed E-state index contributed by atoms with van der Waals surface area (Å²) >= 11 is 0. The Morgan fingerprint density at radius 2 is 1.55 bits per heavy atom. The van der Waals surface area contributed by atoms with Crippen LogP contribution in [-0.2, 0) is 5.67 Å². The molecular formula is C33H43FN2O2. The number of amides is 1. The maximum absolute atomic E-state index is 14.5. The Kier molecular flexibility index (Phi) is 11.9. The molecule has 0 bridgehead atoms. The highest BCUT2D eigenvalue weighted by molar-refractivity contribution is 5.95. The van der Waals surface area contributed by atoms with E-state index in [9.17, 15) is 14.0 Å². The average molecular weight is 519 g/mol. The summed E-state index contributed by atoms with van der Waals surface area (Å²) in [6, 6.07) is 22.4. The number of Topliss-reactive ketones (excluding diaryl/α,β-unsaturated/α-hetero) is 1. The van der Waals surface area contributed by atoms with Gasteiger partial charge in [-0.15, -0.1) is 0 Å². The van der Waals surface area contributed by atoms with E-state index in [0.717, 1.165) is 36.1 Å². The maximum atomic E-state index is 14.5. The SMILES string of the molecule is CC.CC.CC(=O)c1ccc(-c2cccc(C(NC(=O)c3cccc(C(C)(C)F)c3)C3CCCN3)c2)cc1. The first-order valence-corrected chi connectivity index (χ1v) is 13.8. The Morgan fingerprint density at radius 3 is 2.13 bits per heavy atom. The number of halogens is 1. The summed E-state index contributed by atoms with van der Waals surface area (Å²) in [6.07, 6.45) is 2.01. The maximum Gasteiger partial charge on any atom is 0.251 e. The second-order valence-corrected chi connectivity index (χ2v) is 9.47. The smallest absolute Gasteiger partial charge is 0.251 e. The number of carbonyl (C=O) groups is 2. The average Bonchev–Trinajstić information content (AvgIpc) is 3.48. The van der Waals surface area contributed by atoms with Gasteiger partial charge in [-0.1, -0.05) is 82.3 Å². The standard InChI is InChI=1S/C29H31FN2O2.2C2H6/c1-19(33)20-12-14-21(15-13-20)22-7-4-8-23(17-22)27(26-11-6-16-31-26)32-28(34)24-9-5-10-25(18-24)29(2,3)30;2*1-2/h4-5,7-10,12-15,17-18,26-27,31H,6,11,16H2,1-3H3,(H,32,34);2*1-2H3. The minimum Gasteiger partial charge on any atom is -0.344 e. The van der Waals surface area contributed by atoms with Crippen LogP contribution >= 0.6 is 0 Å². The number of nitrogens with one attached hydrogen (secondary N) is 2. The van der Waals surface area contributed by atoms with Crippen LogP contribution in [0.4, 0.5) is 4.39 Å². The van der Waals surface area contributed by atoms with E-state index in [2.05, 4.69) is 16.7 Å². The Bertz CT molecular complexity index is 1180. The highest BCUT2D eigenvalue weighted by atomic mass is 19.1. The lowest BCUT2D eigenvalue weighted by Crippen LogP contribution is -2.41. The number of hydrogen-bond donors (Lipinski definition) is 2. The van der Waals surface area contributed by atoms with Crippen LogP contribution in [0.3, 0.4) is 0 Å². The molecule has 4 nitrogen and oxygen atoms in total. The Labute approximate surface area is 228 Å². The van der Waals surface area contributed by atoms with Crippen molar-refractivity contribution in [2.45, 2.75) is 79.1 Å². The molecule has 38 heavy (non-hydrogen) atoms. The zero-order chi connectivity index (χ0) is 28.3. The van der Waals surface area contributed by atoms with Crippen molar-refractivity contribution in [2.24, 2.45) is 0 Å². The summed E-state index contributed by atoms with van der Waals surface area (Å²) < 4.78 is 14.5. The molecule has 1 saturated heterocycles. The quantitative estimate of drug-likeness (QED) is 0.311. The molecule has 3 aromatic rings. The summed E-state index contributed by atoms with van der Waals surface area (Å²) in [5, 5.41) is 6.72. The molecule has 3 aromatic carbocycles. The molecular weight excluding hydrogens is 475 g/mol. The minimum atomic E-state index is -1.52. The fraction of sp³-hybridized carbons (Fsp3) is 0.394. The van der Waals surface area contributed by atoms with Crippen LogP contribution in [-0.4, -0.2) is 24.3 Å². The summed E-state index contributed by atoms with van der Waals surface area (Å²) in [5.74, 6) is -0.184. The summed E-state index contributed by atoms with van der Waals surface area (Å²) in [5.41, 5.74) is 3.12. The molecule has 0 aliphatic carbocycles. The van der Waals surface area contributed by atoms with E-state index in [4.69, 9.17) is 0 Å². The van der Waals surface area contributed by atoms with Crippen molar-refractivity contribution in [1.29, 1.82) is 0 Å². The first-order chi connectivity index (χ1) is 18.2. The van der Waals surface area contributed by atoms with E-state index >= 15 is 0 Å². The molecule has 2 N–H and O–H groups in total. The predicted octanol–water partition coefficient (Wildman–Crippen LogP) is 8.04. The van der Waals surface area contributed by atoms with Gasteiger partial charge < -0.3 is 10.6 Å². The van der Waals surface area contributed by atoms with Gasteiger partial charge in [0.05, 0.1) is 6.04 Å². The lowest BCUT2D eigenvalue weighted by Gasteiger charge is -2.26. The predicted molar refractivity (Wildman–Crippen MR) is 156 cm³/mol. The topological polar surface area (TPSA) is 58.2 Å². The van der Waals surface area contributed by atoms with Crippen molar-refractivity contribution in [3.05, 3.63) is 95.1 Å². The molecule has 1 fully saturated rings. The van der Waals surface area contributed by atoms with Gasteiger partial charge in [0.25, 0.3) is 5.91 Å². The zero-order valence-electron chi connectivity index (χ0n) is 23.9. The largest absolute Gasteiger partial charge is 0.344 e. The number of rotatable bonds is 7. The van der Waals surface area contributed by atoms with E-state index in [0.29, 0.717) is 16.7 Å². The zero-order valence-corrected chi connectivity index (χ0v) is 23.9. The molecule has 1 amide bonds. The van der Waals surface area contributed by atoms with Crippen molar-refractivity contribution >= 4 is 11.7 Å². The highest BCUT2D eigenvalue weighted by Gasteiger charge is 2.28. The first-order valence-electron chi connectivity index (χ1n) is 13.8. The monoisotopic (exact) mass is 518 g/mol. The lowest BCUT2D eigenvalue weighted by molar-refractivity contribution is 0.0927. The summed E-state index contributed by atoms with van der Waals surface area (Å²) in [4.78, 5) is 24.8. The summed E-state index contributed by atoms with van der Waals surface area (Å²) in [6.45, 7) is 13.4. The van der Waals surface area contributed by atoms with Gasteiger partial charge in [0.15, 0.2) is 5.78 Å². The second kappa shape index (κ2) is 14.6. The Morgan fingerprint density at radius 1 is 0.895 bits per heavy atom. The normalized spacial score (nSPS) is 15.3. The van der Waals surface area contributed by atoms with Crippen molar-refractivity contribution < 1.29 is 14.0 Å². The Hall–Kier alpha value is -3.31. The number of carbonyl (C=O) groups excluding carboxylic acids is 2. The molecule has 0 spiro atoms. The van der Waals surface area contributed by atoms with Gasteiger partial charge in [-0.2, -0.15) is 0 Å². The van der Waals surface area contributed by atoms with E-state index in [1.807, 2.05) is 70.2 Å². The van der Waals surface area contributed by atoms with E-state index in [1.54, 1.807) is 31.2 Å². The van der Waals surface area contributed by atoms with Gasteiger partial charge in [0, 0.05) is 17.2 Å². The molecule has 204 valence electrons. The third-order valence-corrected chi connectivity index (χ3v) is 6.47. The van der Waals surface area contributed by atoms with Crippen LogP contribution < -0.4 is 10.6 Å². The molecule has 1 aliphatic rings. The van der Waals surface area contributed by atoms with Crippen LogP contribution in [0.15, 0.2) is 72.8 Å². The number of alkyl halides is 1. The van der Waals surface area contributed by atoms with Gasteiger partial charge in [-0.05, 0) is 80.6 Å². The van der Waals surface area contributed by atoms with Crippen LogP contribution in [0.25, 0.3) is 11.1 Å². The van der Waals surface area contributed by atoms with Crippen molar-refractivity contribution in [2.75, 3.05) is 6.54 Å². The lowest BCUT2D eigenvalue weighted by atomic mass is 9.93. The van der Waals surface area contributed by atoms with Crippen molar-refractivity contribution in [1.82, 2.24) is 10.6 Å². The van der Waals surface area contributed by atoms with E-state index in [1.165, 1.54) is 13.8 Å². The molecule has 0 saturated carbocycles. The number of benzene rings is 3. The number of ketones is 1. The molecule has 2 atom stereocenters. The minimum absolute atomic E-state index is 0.0376. The number of hydrogen-bond acceptors (Lipinski definition) is 3. The van der Waals surface area contributed by atoms with Gasteiger partial charge in [-0.25, -0.2) is 4.39 Å². The van der Waals surface area contributed by atoms with Gasteiger partial charge in [0.1, 0.15) is 5.67 Å². The molecule has 0 aromatic heterocycles. The molecule has 2 unspecified atom stereocenters. The van der Waals surface area contributed by atoms with E-state index in [-0.39, 0.29) is 23.8 Å². The fourth-order valence-electron chi connectivity index (χ4n) is 4.48. The van der Waals surface area contributed by atoms with Crippen LogP contribution in [0, 0.1) is 0 Å². The van der Waals surface area contributed by atoms with Gasteiger partial charge >= 0.3 is 0 Å². The first kappa shape index (κ1) is 30.9. The third-order valence-electron chi connectivity index (χ3n) is 6.47.